The van der Waals surface area contributed by atoms with Crippen LogP contribution in [0.15, 0.2) is 36.7 Å². The van der Waals surface area contributed by atoms with Crippen molar-refractivity contribution in [2.24, 2.45) is 0 Å². The predicted molar refractivity (Wildman–Crippen MR) is 177 cm³/mol. The molecule has 5 aromatic rings. The maximum atomic E-state index is 16.8. The molecule has 3 N–H and O–H groups in total. The SMILES string of the molecule is Nc1nc2c(-c3c(Cl)cc4c(NC5CCN(C(=O)n6cccn6)CC5)nc(OC[C@@]56CCCN5C[C@H](F)C6)nc4c3F)ccc(F)c2s1. The quantitative estimate of drug-likeness (QED) is 0.216. The zero-order valence-electron chi connectivity index (χ0n) is 25.6. The number of thiazole rings is 1. The highest BCUT2D eigenvalue weighted by Gasteiger charge is 2.49. The molecule has 48 heavy (non-hydrogen) atoms. The first-order chi connectivity index (χ1) is 23.2. The van der Waals surface area contributed by atoms with Gasteiger partial charge in [0.25, 0.3) is 0 Å². The molecule has 2 atom stereocenters. The number of hydrogen-bond donors (Lipinski definition) is 2. The third kappa shape index (κ3) is 5.37. The number of carbonyl (C=O) groups excluding carboxylic acids is 1. The molecule has 1 amide bonds. The molecular weight excluding hydrogens is 667 g/mol. The lowest BCUT2D eigenvalue weighted by Crippen LogP contribution is -2.44. The number of benzene rings is 2. The largest absolute Gasteiger partial charge is 0.461 e. The van der Waals surface area contributed by atoms with Crippen LogP contribution in [0.1, 0.15) is 32.1 Å². The van der Waals surface area contributed by atoms with Gasteiger partial charge in [-0.25, -0.2) is 22.9 Å². The Bertz CT molecular complexity index is 2040. The number of alkyl halides is 1. The fourth-order valence-electron chi connectivity index (χ4n) is 7.37. The molecule has 16 heteroatoms. The van der Waals surface area contributed by atoms with Crippen LogP contribution >= 0.6 is 22.9 Å². The standard InChI is InChI=1S/C32H31ClF3N9O2S/c33-21-13-20-25(24(36)23(21)19-3-4-22(35)27-26(19)40-29(37)48-27)41-30(47-16-32-7-1-9-44(32)15-17(34)14-32)42-28(20)39-18-5-11-43(12-6-18)31(46)45-10-2-8-38-45/h2-4,8,10,13,17-18H,1,5-7,9,11-12,14-16H2,(H2,37,40)(H,39,41,42)/t17-,32+/m1/s1. The summed E-state index contributed by atoms with van der Waals surface area (Å²) >= 11 is 7.74. The maximum Gasteiger partial charge on any atom is 0.344 e. The maximum absolute atomic E-state index is 16.8. The number of piperidine rings is 1. The van der Waals surface area contributed by atoms with Gasteiger partial charge in [-0.15, -0.1) is 0 Å². The Morgan fingerprint density at radius 1 is 1.17 bits per heavy atom. The number of aromatic nitrogens is 5. The average Bonchev–Trinajstić information content (AvgIpc) is 3.86. The number of rotatable bonds is 6. The number of nitrogens with two attached hydrogens (primary N) is 1. The number of anilines is 2. The van der Waals surface area contributed by atoms with Crippen LogP contribution in [0.25, 0.3) is 32.2 Å². The minimum atomic E-state index is -0.941. The Morgan fingerprint density at radius 2 is 2.00 bits per heavy atom. The monoisotopic (exact) mass is 697 g/mol. The van der Waals surface area contributed by atoms with E-state index in [1.807, 2.05) is 0 Å². The third-order valence-corrected chi connectivity index (χ3v) is 10.9. The van der Waals surface area contributed by atoms with Crippen LogP contribution in [0.4, 0.5) is 28.9 Å². The Kier molecular flexibility index (Phi) is 7.79. The van der Waals surface area contributed by atoms with Crippen LogP contribution in [-0.2, 0) is 0 Å². The number of hydrogen-bond acceptors (Lipinski definition) is 10. The predicted octanol–water partition coefficient (Wildman–Crippen LogP) is 6.12. The Hall–Kier alpha value is -4.21. The van der Waals surface area contributed by atoms with E-state index in [4.69, 9.17) is 22.1 Å². The molecular formula is C32H31ClF3N9O2S. The Balaban J connectivity index is 1.16. The number of nitrogens with zero attached hydrogens (tertiary/aromatic N) is 7. The summed E-state index contributed by atoms with van der Waals surface area (Å²) in [7, 11) is 0. The van der Waals surface area contributed by atoms with Crippen molar-refractivity contribution in [1.29, 1.82) is 0 Å². The second-order valence-corrected chi connectivity index (χ2v) is 14.1. The first kappa shape index (κ1) is 31.1. The molecule has 0 saturated carbocycles. The van der Waals surface area contributed by atoms with Crippen LogP contribution in [0.3, 0.4) is 0 Å². The smallest absolute Gasteiger partial charge is 0.344 e. The molecule has 8 rings (SSSR count). The molecule has 2 aromatic carbocycles. The summed E-state index contributed by atoms with van der Waals surface area (Å²) in [5.41, 5.74) is 5.84. The van der Waals surface area contributed by atoms with Crippen molar-refractivity contribution < 1.29 is 22.7 Å². The molecule has 0 radical (unpaired) electrons. The average molecular weight is 698 g/mol. The van der Waals surface area contributed by atoms with Gasteiger partial charge in [-0.3, -0.25) is 4.90 Å². The van der Waals surface area contributed by atoms with Gasteiger partial charge in [0, 0.05) is 61.0 Å². The molecule has 3 aromatic heterocycles. The molecule has 3 aliphatic heterocycles. The van der Waals surface area contributed by atoms with Crippen molar-refractivity contribution in [3.8, 4) is 17.1 Å². The van der Waals surface area contributed by atoms with Crippen LogP contribution < -0.4 is 15.8 Å². The molecule has 0 unspecified atom stereocenters. The van der Waals surface area contributed by atoms with Gasteiger partial charge in [0.05, 0.1) is 20.8 Å². The zero-order chi connectivity index (χ0) is 33.2. The highest BCUT2D eigenvalue weighted by atomic mass is 35.5. The molecule has 11 nitrogen and oxygen atoms in total. The van der Waals surface area contributed by atoms with Gasteiger partial charge in [0.2, 0.25) is 0 Å². The van der Waals surface area contributed by atoms with Crippen molar-refractivity contribution in [3.05, 3.63) is 53.3 Å². The molecule has 0 aliphatic carbocycles. The summed E-state index contributed by atoms with van der Waals surface area (Å²) in [6.45, 7) is 2.26. The van der Waals surface area contributed by atoms with E-state index in [0.29, 0.717) is 50.1 Å². The number of carbonyl (C=O) groups is 1. The molecule has 3 aliphatic rings. The number of fused-ring (bicyclic) bond motifs is 3. The van der Waals surface area contributed by atoms with Gasteiger partial charge >= 0.3 is 12.0 Å². The number of ether oxygens (including phenoxy) is 1. The summed E-state index contributed by atoms with van der Waals surface area (Å²) < 4.78 is 53.5. The topological polar surface area (TPSA) is 127 Å². The van der Waals surface area contributed by atoms with Gasteiger partial charge in [-0.2, -0.15) is 19.7 Å². The highest BCUT2D eigenvalue weighted by Crippen LogP contribution is 2.43. The first-order valence-corrected chi connectivity index (χ1v) is 17.0. The fraction of sp³-hybridized carbons (Fsp3) is 0.406. The van der Waals surface area contributed by atoms with E-state index in [-0.39, 0.29) is 61.7 Å². The second-order valence-electron chi connectivity index (χ2n) is 12.6. The molecule has 3 saturated heterocycles. The van der Waals surface area contributed by atoms with Crippen molar-refractivity contribution in [2.45, 2.75) is 49.9 Å². The van der Waals surface area contributed by atoms with E-state index in [1.54, 1.807) is 29.4 Å². The minimum absolute atomic E-state index is 0.00265. The molecule has 250 valence electrons. The van der Waals surface area contributed by atoms with E-state index in [9.17, 15) is 13.6 Å². The molecule has 0 spiro atoms. The van der Waals surface area contributed by atoms with Crippen LogP contribution in [0.2, 0.25) is 5.02 Å². The number of likely N-dealkylation sites (tertiary alicyclic amines) is 1. The van der Waals surface area contributed by atoms with Crippen molar-refractivity contribution >= 4 is 61.0 Å². The lowest BCUT2D eigenvalue weighted by molar-refractivity contribution is 0.107. The number of amides is 1. The Morgan fingerprint density at radius 3 is 2.79 bits per heavy atom. The second kappa shape index (κ2) is 12.0. The number of nitrogens with one attached hydrogen (secondary N) is 1. The van der Waals surface area contributed by atoms with Gasteiger partial charge in [0.15, 0.2) is 10.9 Å². The van der Waals surface area contributed by atoms with Gasteiger partial charge < -0.3 is 20.7 Å². The molecule has 0 bridgehead atoms. The van der Waals surface area contributed by atoms with E-state index in [2.05, 4.69) is 30.3 Å². The van der Waals surface area contributed by atoms with Crippen LogP contribution in [-0.4, -0.2) is 91.1 Å². The lowest BCUT2D eigenvalue weighted by atomic mass is 9.95. The van der Waals surface area contributed by atoms with Gasteiger partial charge in [-0.05, 0) is 56.5 Å². The normalized spacial score (nSPS) is 21.8. The third-order valence-electron chi connectivity index (χ3n) is 9.68. The Labute approximate surface area is 281 Å². The minimum Gasteiger partial charge on any atom is -0.461 e. The van der Waals surface area contributed by atoms with E-state index < -0.39 is 23.3 Å². The van der Waals surface area contributed by atoms with Crippen molar-refractivity contribution in [2.75, 3.05) is 43.8 Å². The molecule has 3 fully saturated rings. The summed E-state index contributed by atoms with van der Waals surface area (Å²) in [6.07, 6.45) is 5.49. The number of nitrogen functional groups attached to an aromatic ring is 1. The van der Waals surface area contributed by atoms with E-state index in [0.717, 1.165) is 30.7 Å². The van der Waals surface area contributed by atoms with Crippen molar-refractivity contribution in [3.63, 3.8) is 0 Å². The lowest BCUT2D eigenvalue weighted by Gasteiger charge is -2.32. The first-order valence-electron chi connectivity index (χ1n) is 15.8. The molecule has 6 heterocycles. The van der Waals surface area contributed by atoms with E-state index >= 15 is 4.39 Å². The van der Waals surface area contributed by atoms with Crippen molar-refractivity contribution in [1.82, 2.24) is 34.5 Å². The summed E-state index contributed by atoms with van der Waals surface area (Å²) in [5, 5.41) is 7.98. The van der Waals surface area contributed by atoms with Crippen LogP contribution in [0.5, 0.6) is 6.01 Å². The van der Waals surface area contributed by atoms with Crippen LogP contribution in [0, 0.1) is 11.6 Å². The van der Waals surface area contributed by atoms with Gasteiger partial charge in [0.1, 0.15) is 29.9 Å². The summed E-state index contributed by atoms with van der Waals surface area (Å²) in [4.78, 5) is 30.1. The van der Waals surface area contributed by atoms with Gasteiger partial charge in [-0.1, -0.05) is 22.9 Å². The number of halogens is 4. The fourth-order valence-corrected chi connectivity index (χ4v) is 8.43. The highest BCUT2D eigenvalue weighted by molar-refractivity contribution is 7.22. The zero-order valence-corrected chi connectivity index (χ0v) is 27.2. The summed E-state index contributed by atoms with van der Waals surface area (Å²) in [6, 6.07) is 5.54. The summed E-state index contributed by atoms with van der Waals surface area (Å²) in [5.74, 6) is -0.959. The van der Waals surface area contributed by atoms with E-state index in [1.165, 1.54) is 16.8 Å².